The van der Waals surface area contributed by atoms with Crippen molar-refractivity contribution in [3.8, 4) is 0 Å². The van der Waals surface area contributed by atoms with Gasteiger partial charge in [-0.1, -0.05) is 34.6 Å². The van der Waals surface area contributed by atoms with Crippen molar-refractivity contribution in [2.24, 2.45) is 16.7 Å². The van der Waals surface area contributed by atoms with E-state index in [1.165, 1.54) is 0 Å². The van der Waals surface area contributed by atoms with Crippen molar-refractivity contribution in [1.29, 1.82) is 0 Å². The second kappa shape index (κ2) is 3.46. The average molecular weight is 214 g/mol. The Morgan fingerprint density at radius 1 is 1.27 bits per heavy atom. The summed E-state index contributed by atoms with van der Waals surface area (Å²) in [6, 6.07) is 0. The monoisotopic (exact) mass is 214 g/mol. The zero-order valence-electron chi connectivity index (χ0n) is 11.2. The third kappa shape index (κ3) is 1.94. The van der Waals surface area contributed by atoms with Crippen LogP contribution in [0.3, 0.4) is 0 Å². The molecular formula is C13H26O2. The lowest BCUT2D eigenvalue weighted by atomic mass is 9.58. The van der Waals surface area contributed by atoms with Crippen LogP contribution in [0.2, 0.25) is 0 Å². The molecule has 0 bridgehead atoms. The van der Waals surface area contributed by atoms with E-state index in [1.807, 2.05) is 0 Å². The molecule has 2 atom stereocenters. The molecule has 2 unspecified atom stereocenters. The van der Waals surface area contributed by atoms with Crippen molar-refractivity contribution < 1.29 is 9.84 Å². The van der Waals surface area contributed by atoms with Gasteiger partial charge in [0.25, 0.3) is 0 Å². The van der Waals surface area contributed by atoms with E-state index in [4.69, 9.17) is 4.74 Å². The van der Waals surface area contributed by atoms with Gasteiger partial charge < -0.3 is 9.84 Å². The maximum absolute atomic E-state index is 10.3. The summed E-state index contributed by atoms with van der Waals surface area (Å²) in [5.41, 5.74) is -0.304. The second-order valence-electron chi connectivity index (χ2n) is 6.85. The molecule has 0 amide bonds. The van der Waals surface area contributed by atoms with Crippen LogP contribution in [-0.2, 0) is 4.74 Å². The summed E-state index contributed by atoms with van der Waals surface area (Å²) in [7, 11) is 0. The van der Waals surface area contributed by atoms with E-state index in [9.17, 15) is 5.11 Å². The predicted molar refractivity (Wildman–Crippen MR) is 62.5 cm³/mol. The molecule has 0 aromatic rings. The lowest BCUT2D eigenvalue weighted by Gasteiger charge is -2.46. The van der Waals surface area contributed by atoms with Gasteiger partial charge in [-0.2, -0.15) is 0 Å². The fourth-order valence-electron chi connectivity index (χ4n) is 3.23. The Morgan fingerprint density at radius 3 is 1.87 bits per heavy atom. The minimum atomic E-state index is -0.646. The van der Waals surface area contributed by atoms with E-state index in [0.29, 0.717) is 5.92 Å². The number of aliphatic hydroxyl groups is 1. The largest absolute Gasteiger partial charge is 0.367 e. The zero-order chi connectivity index (χ0) is 12.1. The van der Waals surface area contributed by atoms with Crippen molar-refractivity contribution in [2.45, 2.75) is 66.8 Å². The summed E-state index contributed by atoms with van der Waals surface area (Å²) >= 11 is 0. The Hall–Kier alpha value is -0.0800. The maximum Gasteiger partial charge on any atom is 0.161 e. The van der Waals surface area contributed by atoms with Crippen LogP contribution < -0.4 is 0 Å². The van der Waals surface area contributed by atoms with Gasteiger partial charge in [-0.15, -0.1) is 0 Å². The van der Waals surface area contributed by atoms with Crippen LogP contribution in [0.1, 0.15) is 54.9 Å². The molecule has 2 heteroatoms. The highest BCUT2D eigenvalue weighted by atomic mass is 16.6. The van der Waals surface area contributed by atoms with Gasteiger partial charge in [-0.05, 0) is 31.6 Å². The Balaban J connectivity index is 3.15. The summed E-state index contributed by atoms with van der Waals surface area (Å²) in [5.74, 6) is 0.411. The molecule has 0 radical (unpaired) electrons. The number of aliphatic hydroxyl groups excluding tert-OH is 1. The van der Waals surface area contributed by atoms with Crippen LogP contribution >= 0.6 is 0 Å². The highest BCUT2D eigenvalue weighted by Crippen LogP contribution is 2.57. The number of ether oxygens (including phenoxy) is 1. The molecule has 1 aliphatic rings. The van der Waals surface area contributed by atoms with Crippen molar-refractivity contribution in [1.82, 2.24) is 0 Å². The standard InChI is InChI=1S/C13H26O2/c1-9(2)13(11(3,4)5)8-12(6,7)15-10(13)14/h9-10,14H,8H2,1-7H3. The third-order valence-electron chi connectivity index (χ3n) is 4.02. The van der Waals surface area contributed by atoms with Crippen molar-refractivity contribution >= 4 is 0 Å². The first-order valence-corrected chi connectivity index (χ1v) is 5.89. The summed E-state index contributed by atoms with van der Waals surface area (Å²) in [4.78, 5) is 0. The molecule has 0 spiro atoms. The quantitative estimate of drug-likeness (QED) is 0.726. The molecule has 1 saturated heterocycles. The van der Waals surface area contributed by atoms with Crippen molar-refractivity contribution in [3.05, 3.63) is 0 Å². The minimum Gasteiger partial charge on any atom is -0.367 e. The molecule has 0 saturated carbocycles. The summed E-state index contributed by atoms with van der Waals surface area (Å²) in [5, 5.41) is 10.3. The number of rotatable bonds is 1. The van der Waals surface area contributed by atoms with Gasteiger partial charge in [-0.25, -0.2) is 0 Å². The van der Waals surface area contributed by atoms with E-state index < -0.39 is 6.29 Å². The van der Waals surface area contributed by atoms with E-state index in [1.54, 1.807) is 0 Å². The Kier molecular flexibility index (Phi) is 2.99. The summed E-state index contributed by atoms with van der Waals surface area (Å²) in [6.07, 6.45) is 0.273. The average Bonchev–Trinajstić information content (AvgIpc) is 2.19. The molecule has 0 aliphatic carbocycles. The van der Waals surface area contributed by atoms with Gasteiger partial charge in [0.2, 0.25) is 0 Å². The first kappa shape index (κ1) is 13.0. The molecule has 1 N–H and O–H groups in total. The van der Waals surface area contributed by atoms with Crippen LogP contribution in [0.5, 0.6) is 0 Å². The molecule has 1 aliphatic heterocycles. The summed E-state index contributed by atoms with van der Waals surface area (Å²) < 4.78 is 5.71. The number of hydrogen-bond acceptors (Lipinski definition) is 2. The minimum absolute atomic E-state index is 0.0500. The molecule has 15 heavy (non-hydrogen) atoms. The molecule has 1 rings (SSSR count). The SMILES string of the molecule is CC(C)C1(C(C)(C)C)CC(C)(C)OC1O. The van der Waals surface area contributed by atoms with Gasteiger partial charge in [0.05, 0.1) is 5.60 Å². The van der Waals surface area contributed by atoms with E-state index in [-0.39, 0.29) is 16.4 Å². The third-order valence-corrected chi connectivity index (χ3v) is 4.02. The van der Waals surface area contributed by atoms with Crippen molar-refractivity contribution in [3.63, 3.8) is 0 Å². The Labute approximate surface area is 94.0 Å². The normalized spacial score (nSPS) is 36.2. The summed E-state index contributed by atoms with van der Waals surface area (Å²) in [6.45, 7) is 15.1. The van der Waals surface area contributed by atoms with Crippen LogP contribution in [0.15, 0.2) is 0 Å². The maximum atomic E-state index is 10.3. The molecule has 90 valence electrons. The first-order chi connectivity index (χ1) is 6.53. The van der Waals surface area contributed by atoms with Crippen LogP contribution in [0, 0.1) is 16.7 Å². The number of hydrogen-bond donors (Lipinski definition) is 1. The predicted octanol–water partition coefficient (Wildman–Crippen LogP) is 3.19. The molecule has 2 nitrogen and oxygen atoms in total. The van der Waals surface area contributed by atoms with Gasteiger partial charge in [-0.3, -0.25) is 0 Å². The van der Waals surface area contributed by atoms with Crippen LogP contribution in [-0.4, -0.2) is 17.0 Å². The van der Waals surface area contributed by atoms with Gasteiger partial charge in [0.1, 0.15) is 0 Å². The highest BCUT2D eigenvalue weighted by Gasteiger charge is 2.58. The molecular weight excluding hydrogens is 188 g/mol. The topological polar surface area (TPSA) is 29.5 Å². The fourth-order valence-corrected chi connectivity index (χ4v) is 3.23. The molecule has 1 heterocycles. The lowest BCUT2D eigenvalue weighted by molar-refractivity contribution is -0.190. The van der Waals surface area contributed by atoms with Crippen LogP contribution in [0.4, 0.5) is 0 Å². The Bertz CT molecular complexity index is 237. The van der Waals surface area contributed by atoms with E-state index in [0.717, 1.165) is 6.42 Å². The van der Waals surface area contributed by atoms with Crippen LogP contribution in [0.25, 0.3) is 0 Å². The zero-order valence-corrected chi connectivity index (χ0v) is 11.2. The van der Waals surface area contributed by atoms with Gasteiger partial charge in [0.15, 0.2) is 6.29 Å². The highest BCUT2D eigenvalue weighted by molar-refractivity contribution is 5.03. The van der Waals surface area contributed by atoms with Gasteiger partial charge in [0, 0.05) is 5.41 Å². The van der Waals surface area contributed by atoms with Gasteiger partial charge >= 0.3 is 0 Å². The molecule has 0 aromatic heterocycles. The Morgan fingerprint density at radius 2 is 1.73 bits per heavy atom. The smallest absolute Gasteiger partial charge is 0.161 e. The molecule has 1 fully saturated rings. The van der Waals surface area contributed by atoms with E-state index in [2.05, 4.69) is 48.5 Å². The fraction of sp³-hybridized carbons (Fsp3) is 1.00. The second-order valence-corrected chi connectivity index (χ2v) is 6.85. The first-order valence-electron chi connectivity index (χ1n) is 5.89. The van der Waals surface area contributed by atoms with E-state index >= 15 is 0 Å². The lowest BCUT2D eigenvalue weighted by Crippen LogP contribution is -2.46. The van der Waals surface area contributed by atoms with Crippen molar-refractivity contribution in [2.75, 3.05) is 0 Å². The molecule has 0 aromatic carbocycles.